The first-order chi connectivity index (χ1) is 5.85. The van der Waals surface area contributed by atoms with E-state index < -0.39 is 0 Å². The fraction of sp³-hybridized carbons (Fsp3) is 0.750. The maximum absolute atomic E-state index is 8.48. The first-order valence-corrected chi connectivity index (χ1v) is 3.90. The van der Waals surface area contributed by atoms with Crippen molar-refractivity contribution in [2.45, 2.75) is 0 Å². The molecule has 4 heteroatoms. The van der Waals surface area contributed by atoms with Gasteiger partial charge in [0.15, 0.2) is 0 Å². The highest BCUT2D eigenvalue weighted by Crippen LogP contribution is 1.84. The highest BCUT2D eigenvalue weighted by Gasteiger charge is 2.00. The zero-order chi connectivity index (χ0) is 9.82. The van der Waals surface area contributed by atoms with Crippen molar-refractivity contribution >= 4 is 0 Å². The normalized spacial score (nSPS) is 9.33. The Labute approximate surface area is 73.8 Å². The van der Waals surface area contributed by atoms with E-state index in [9.17, 15) is 0 Å². The zero-order valence-corrected chi connectivity index (χ0v) is 7.45. The van der Waals surface area contributed by atoms with Gasteiger partial charge in [-0.1, -0.05) is 0 Å². The summed E-state index contributed by atoms with van der Waals surface area (Å²) in [5.41, 5.74) is 0. The molecule has 4 nitrogen and oxygen atoms in total. The van der Waals surface area contributed by atoms with E-state index in [1.165, 1.54) is 0 Å². The van der Waals surface area contributed by atoms with Crippen LogP contribution in [0.2, 0.25) is 0 Å². The van der Waals surface area contributed by atoms with Gasteiger partial charge in [-0.3, -0.25) is 4.90 Å². The number of aliphatic hydroxyl groups excluding tert-OH is 3. The van der Waals surface area contributed by atoms with Gasteiger partial charge in [-0.2, -0.15) is 0 Å². The Morgan fingerprint density at radius 2 is 1.00 bits per heavy atom. The van der Waals surface area contributed by atoms with E-state index in [4.69, 9.17) is 15.3 Å². The lowest BCUT2D eigenvalue weighted by atomic mass is 10.4. The van der Waals surface area contributed by atoms with E-state index in [2.05, 4.69) is 13.2 Å². The molecule has 0 spiro atoms. The predicted molar refractivity (Wildman–Crippen MR) is 49.0 cm³/mol. The minimum atomic E-state index is 0.0694. The van der Waals surface area contributed by atoms with E-state index in [-0.39, 0.29) is 19.8 Å². The Morgan fingerprint density at radius 1 is 0.750 bits per heavy atom. The molecule has 0 amide bonds. The molecule has 3 N–H and O–H groups in total. The van der Waals surface area contributed by atoms with Crippen LogP contribution < -0.4 is 0 Å². The Balaban J connectivity index is 0. The SMILES string of the molecule is C=C.OCCN(CCO)CCO. The Morgan fingerprint density at radius 3 is 1.17 bits per heavy atom. The zero-order valence-electron chi connectivity index (χ0n) is 7.45. The highest BCUT2D eigenvalue weighted by atomic mass is 16.3. The van der Waals surface area contributed by atoms with Crippen LogP contribution in [0.15, 0.2) is 13.2 Å². The second-order valence-corrected chi connectivity index (χ2v) is 2.01. The van der Waals surface area contributed by atoms with Gasteiger partial charge in [0.25, 0.3) is 0 Å². The number of hydrogen-bond acceptors (Lipinski definition) is 4. The number of aliphatic hydroxyl groups is 3. The van der Waals surface area contributed by atoms with Gasteiger partial charge in [-0.15, -0.1) is 13.2 Å². The second-order valence-electron chi connectivity index (χ2n) is 2.01. The molecule has 0 unspecified atom stereocenters. The third kappa shape index (κ3) is 9.58. The maximum atomic E-state index is 8.48. The first-order valence-electron chi connectivity index (χ1n) is 3.90. The molecular formula is C8H19NO3. The molecular weight excluding hydrogens is 158 g/mol. The van der Waals surface area contributed by atoms with Crippen LogP contribution >= 0.6 is 0 Å². The van der Waals surface area contributed by atoms with E-state index in [1.807, 2.05) is 0 Å². The van der Waals surface area contributed by atoms with E-state index in [0.717, 1.165) is 0 Å². The van der Waals surface area contributed by atoms with E-state index >= 15 is 0 Å². The lowest BCUT2D eigenvalue weighted by Crippen LogP contribution is -2.32. The van der Waals surface area contributed by atoms with Crippen LogP contribution in [0.5, 0.6) is 0 Å². The Bertz CT molecular complexity index is 66.4. The van der Waals surface area contributed by atoms with Crippen molar-refractivity contribution in [3.05, 3.63) is 13.2 Å². The van der Waals surface area contributed by atoms with E-state index in [1.54, 1.807) is 4.90 Å². The molecule has 0 bridgehead atoms. The van der Waals surface area contributed by atoms with Gasteiger partial charge < -0.3 is 15.3 Å². The number of hydrogen-bond donors (Lipinski definition) is 3. The molecule has 0 aliphatic rings. The fourth-order valence-electron chi connectivity index (χ4n) is 0.760. The molecule has 0 aromatic carbocycles. The maximum Gasteiger partial charge on any atom is 0.0558 e. The number of rotatable bonds is 6. The van der Waals surface area contributed by atoms with Crippen LogP contribution in [0.1, 0.15) is 0 Å². The predicted octanol–water partition coefficient (Wildman–Crippen LogP) is -0.933. The molecule has 0 aromatic heterocycles. The van der Waals surface area contributed by atoms with Crippen LogP contribution in [-0.4, -0.2) is 59.7 Å². The summed E-state index contributed by atoms with van der Waals surface area (Å²) in [7, 11) is 0. The first kappa shape index (κ1) is 14.1. The molecule has 0 atom stereocenters. The van der Waals surface area contributed by atoms with Gasteiger partial charge in [0.2, 0.25) is 0 Å². The quantitative estimate of drug-likeness (QED) is 0.459. The van der Waals surface area contributed by atoms with Crippen LogP contribution in [0.4, 0.5) is 0 Å². The monoisotopic (exact) mass is 177 g/mol. The van der Waals surface area contributed by atoms with Crippen LogP contribution in [0.25, 0.3) is 0 Å². The largest absolute Gasteiger partial charge is 0.395 e. The summed E-state index contributed by atoms with van der Waals surface area (Å²) >= 11 is 0. The molecule has 0 aliphatic heterocycles. The van der Waals surface area contributed by atoms with Crippen molar-refractivity contribution in [2.24, 2.45) is 0 Å². The van der Waals surface area contributed by atoms with Crippen molar-refractivity contribution in [3.8, 4) is 0 Å². The summed E-state index contributed by atoms with van der Waals surface area (Å²) in [5.74, 6) is 0. The summed E-state index contributed by atoms with van der Waals surface area (Å²) in [4.78, 5) is 1.79. The van der Waals surface area contributed by atoms with Crippen LogP contribution in [-0.2, 0) is 0 Å². The van der Waals surface area contributed by atoms with Crippen molar-refractivity contribution in [1.29, 1.82) is 0 Å². The molecule has 74 valence electrons. The molecule has 0 aromatic rings. The van der Waals surface area contributed by atoms with E-state index in [0.29, 0.717) is 19.6 Å². The molecule has 0 radical (unpaired) electrons. The van der Waals surface area contributed by atoms with Gasteiger partial charge in [-0.25, -0.2) is 0 Å². The summed E-state index contributed by atoms with van der Waals surface area (Å²) in [5, 5.41) is 25.5. The molecule has 12 heavy (non-hydrogen) atoms. The summed E-state index contributed by atoms with van der Waals surface area (Å²) in [6.07, 6.45) is 0. The van der Waals surface area contributed by atoms with Gasteiger partial charge in [0, 0.05) is 19.6 Å². The van der Waals surface area contributed by atoms with Crippen molar-refractivity contribution in [3.63, 3.8) is 0 Å². The Kier molecular flexibility index (Phi) is 15.5. The number of nitrogens with zero attached hydrogens (tertiary/aromatic N) is 1. The standard InChI is InChI=1S/C6H15NO3.C2H4/c8-4-1-7(2-5-9)3-6-10;1-2/h8-10H,1-6H2;1-2H2. The fourth-order valence-corrected chi connectivity index (χ4v) is 0.760. The molecule has 0 fully saturated rings. The average Bonchev–Trinajstić information content (AvgIpc) is 2.10. The average molecular weight is 177 g/mol. The van der Waals surface area contributed by atoms with Gasteiger partial charge in [0.1, 0.15) is 0 Å². The van der Waals surface area contributed by atoms with Crippen molar-refractivity contribution < 1.29 is 15.3 Å². The lowest BCUT2D eigenvalue weighted by molar-refractivity contribution is 0.136. The third-order valence-electron chi connectivity index (χ3n) is 1.25. The minimum Gasteiger partial charge on any atom is -0.395 e. The molecule has 0 saturated carbocycles. The highest BCUT2D eigenvalue weighted by molar-refractivity contribution is 4.54. The summed E-state index contributed by atoms with van der Waals surface area (Å²) in [6, 6.07) is 0. The molecule has 0 heterocycles. The van der Waals surface area contributed by atoms with Crippen LogP contribution in [0, 0.1) is 0 Å². The van der Waals surface area contributed by atoms with Crippen molar-refractivity contribution in [1.82, 2.24) is 4.90 Å². The van der Waals surface area contributed by atoms with Gasteiger partial charge >= 0.3 is 0 Å². The van der Waals surface area contributed by atoms with Crippen molar-refractivity contribution in [2.75, 3.05) is 39.5 Å². The van der Waals surface area contributed by atoms with Gasteiger partial charge in [0.05, 0.1) is 19.8 Å². The topological polar surface area (TPSA) is 63.9 Å². The van der Waals surface area contributed by atoms with Gasteiger partial charge in [-0.05, 0) is 0 Å². The third-order valence-corrected chi connectivity index (χ3v) is 1.25. The minimum absolute atomic E-state index is 0.0694. The van der Waals surface area contributed by atoms with Crippen LogP contribution in [0.3, 0.4) is 0 Å². The summed E-state index contributed by atoms with van der Waals surface area (Å²) in [6.45, 7) is 7.75. The smallest absolute Gasteiger partial charge is 0.0558 e. The second kappa shape index (κ2) is 13.2. The molecule has 0 saturated heterocycles. The summed E-state index contributed by atoms with van der Waals surface area (Å²) < 4.78 is 0. The lowest BCUT2D eigenvalue weighted by Gasteiger charge is -2.17. The molecule has 0 rings (SSSR count). The Hall–Kier alpha value is -0.420. The molecule has 0 aliphatic carbocycles.